The third kappa shape index (κ3) is 3.21. The van der Waals surface area contributed by atoms with Crippen molar-refractivity contribution < 1.29 is 4.39 Å². The topological polar surface area (TPSA) is 70.0 Å². The number of halogens is 1. The molecule has 0 radical (unpaired) electrons. The molecule has 0 spiro atoms. The van der Waals surface area contributed by atoms with Crippen molar-refractivity contribution in [3.63, 3.8) is 0 Å². The zero-order valence-electron chi connectivity index (χ0n) is 11.0. The Morgan fingerprint density at radius 1 is 1.10 bits per heavy atom. The van der Waals surface area contributed by atoms with Crippen molar-refractivity contribution >= 4 is 0 Å². The van der Waals surface area contributed by atoms with Crippen LogP contribution < -0.4 is 17.0 Å². The summed E-state index contributed by atoms with van der Waals surface area (Å²) in [6, 6.07) is 7.24. The van der Waals surface area contributed by atoms with Crippen LogP contribution in [-0.4, -0.2) is 15.7 Å². The minimum atomic E-state index is -0.379. The summed E-state index contributed by atoms with van der Waals surface area (Å²) in [5.41, 5.74) is 5.47. The van der Waals surface area contributed by atoms with E-state index in [1.54, 1.807) is 12.1 Å². The van der Waals surface area contributed by atoms with E-state index in [1.807, 2.05) is 0 Å². The first-order chi connectivity index (χ1) is 9.61. The van der Waals surface area contributed by atoms with Crippen molar-refractivity contribution in [3.8, 4) is 0 Å². The van der Waals surface area contributed by atoms with Gasteiger partial charge in [0, 0.05) is 18.8 Å². The van der Waals surface area contributed by atoms with Crippen molar-refractivity contribution in [1.82, 2.24) is 9.13 Å². The van der Waals surface area contributed by atoms with Crippen molar-refractivity contribution in [2.75, 3.05) is 6.54 Å². The quantitative estimate of drug-likeness (QED) is 0.867. The van der Waals surface area contributed by atoms with Crippen LogP contribution >= 0.6 is 0 Å². The lowest BCUT2D eigenvalue weighted by Crippen LogP contribution is -2.39. The summed E-state index contributed by atoms with van der Waals surface area (Å²) in [5, 5.41) is 0. The van der Waals surface area contributed by atoms with Crippen LogP contribution in [0.4, 0.5) is 4.39 Å². The molecule has 6 heteroatoms. The molecule has 0 atom stereocenters. The summed E-state index contributed by atoms with van der Waals surface area (Å²) < 4.78 is 15.4. The molecule has 2 N–H and O–H groups in total. The summed E-state index contributed by atoms with van der Waals surface area (Å²) in [5.74, 6) is -0.325. The van der Waals surface area contributed by atoms with Crippen LogP contribution in [0.3, 0.4) is 0 Å². The van der Waals surface area contributed by atoms with Gasteiger partial charge in [-0.3, -0.25) is 13.9 Å². The number of nitrogens with two attached hydrogens (primary N) is 1. The molecule has 2 aromatic rings. The Bertz CT molecular complexity index is 689. The molecule has 0 aliphatic heterocycles. The number of rotatable bonds is 5. The van der Waals surface area contributed by atoms with Crippen LogP contribution in [0.1, 0.15) is 12.0 Å². The Morgan fingerprint density at radius 3 is 2.45 bits per heavy atom. The standard InChI is InChI=1S/C14H16FN3O2/c15-12-4-2-11(3-5-12)10-17-9-6-13(19)18(14(17)20)8-1-7-16/h2-6,9H,1,7-8,10,16H2. The van der Waals surface area contributed by atoms with Crippen LogP contribution in [0.25, 0.3) is 0 Å². The summed E-state index contributed by atoms with van der Waals surface area (Å²) >= 11 is 0. The number of benzene rings is 1. The molecule has 0 unspecified atom stereocenters. The minimum Gasteiger partial charge on any atom is -0.330 e. The van der Waals surface area contributed by atoms with Gasteiger partial charge in [-0.2, -0.15) is 0 Å². The van der Waals surface area contributed by atoms with E-state index < -0.39 is 0 Å². The van der Waals surface area contributed by atoms with Crippen molar-refractivity contribution in [3.05, 3.63) is 68.7 Å². The molecule has 106 valence electrons. The van der Waals surface area contributed by atoms with Gasteiger partial charge in [0.15, 0.2) is 0 Å². The fourth-order valence-corrected chi connectivity index (χ4v) is 1.92. The first kappa shape index (κ1) is 14.2. The van der Waals surface area contributed by atoms with E-state index in [1.165, 1.54) is 29.0 Å². The molecule has 0 aliphatic carbocycles. The van der Waals surface area contributed by atoms with E-state index in [9.17, 15) is 14.0 Å². The molecule has 1 aromatic carbocycles. The molecule has 0 fully saturated rings. The van der Waals surface area contributed by atoms with E-state index in [0.717, 1.165) is 10.1 Å². The van der Waals surface area contributed by atoms with Crippen LogP contribution in [-0.2, 0) is 13.1 Å². The van der Waals surface area contributed by atoms with E-state index in [4.69, 9.17) is 5.73 Å². The lowest BCUT2D eigenvalue weighted by atomic mass is 10.2. The van der Waals surface area contributed by atoms with Crippen molar-refractivity contribution in [1.29, 1.82) is 0 Å². The first-order valence-corrected chi connectivity index (χ1v) is 6.36. The van der Waals surface area contributed by atoms with Crippen LogP contribution in [0, 0.1) is 5.82 Å². The van der Waals surface area contributed by atoms with E-state index in [0.29, 0.717) is 26.1 Å². The predicted molar refractivity (Wildman–Crippen MR) is 74.1 cm³/mol. The van der Waals surface area contributed by atoms with Crippen LogP contribution in [0.5, 0.6) is 0 Å². The highest BCUT2D eigenvalue weighted by molar-refractivity contribution is 5.16. The van der Waals surface area contributed by atoms with Crippen LogP contribution in [0.15, 0.2) is 46.1 Å². The Labute approximate surface area is 115 Å². The highest BCUT2D eigenvalue weighted by Gasteiger charge is 2.05. The maximum absolute atomic E-state index is 12.8. The SMILES string of the molecule is NCCCn1c(=O)ccn(Cc2ccc(F)cc2)c1=O. The van der Waals surface area contributed by atoms with E-state index in [2.05, 4.69) is 0 Å². The molecule has 1 aromatic heterocycles. The van der Waals surface area contributed by atoms with Gasteiger partial charge in [-0.05, 0) is 30.7 Å². The Hall–Kier alpha value is -2.21. The summed E-state index contributed by atoms with van der Waals surface area (Å²) in [6.45, 7) is 1.01. The number of aromatic nitrogens is 2. The van der Waals surface area contributed by atoms with Gasteiger partial charge in [-0.25, -0.2) is 9.18 Å². The van der Waals surface area contributed by atoms with Crippen molar-refractivity contribution in [2.24, 2.45) is 5.73 Å². The van der Waals surface area contributed by atoms with E-state index >= 15 is 0 Å². The normalized spacial score (nSPS) is 10.7. The van der Waals surface area contributed by atoms with Gasteiger partial charge >= 0.3 is 5.69 Å². The molecule has 0 bridgehead atoms. The maximum atomic E-state index is 12.8. The summed E-state index contributed by atoms with van der Waals surface area (Å²) in [6.07, 6.45) is 2.02. The minimum absolute atomic E-state index is 0.294. The van der Waals surface area contributed by atoms with Crippen LogP contribution in [0.2, 0.25) is 0 Å². The average molecular weight is 277 g/mol. The maximum Gasteiger partial charge on any atom is 0.331 e. The highest BCUT2D eigenvalue weighted by Crippen LogP contribution is 2.03. The monoisotopic (exact) mass is 277 g/mol. The third-order valence-electron chi connectivity index (χ3n) is 2.99. The van der Waals surface area contributed by atoms with Gasteiger partial charge < -0.3 is 5.73 Å². The smallest absolute Gasteiger partial charge is 0.330 e. The lowest BCUT2D eigenvalue weighted by Gasteiger charge is -2.09. The molecule has 1 heterocycles. The van der Waals surface area contributed by atoms with Gasteiger partial charge in [0.2, 0.25) is 0 Å². The van der Waals surface area contributed by atoms with Gasteiger partial charge in [0.05, 0.1) is 6.54 Å². The molecular formula is C14H16FN3O2. The van der Waals surface area contributed by atoms with E-state index in [-0.39, 0.29) is 17.1 Å². The Balaban J connectivity index is 2.31. The number of hydrogen-bond acceptors (Lipinski definition) is 3. The Morgan fingerprint density at radius 2 is 1.80 bits per heavy atom. The molecular weight excluding hydrogens is 261 g/mol. The molecule has 0 amide bonds. The second-order valence-corrected chi connectivity index (χ2v) is 4.48. The predicted octanol–water partition coefficient (Wildman–Crippen LogP) is 0.546. The second kappa shape index (κ2) is 6.29. The highest BCUT2D eigenvalue weighted by atomic mass is 19.1. The van der Waals surface area contributed by atoms with Gasteiger partial charge in [0.25, 0.3) is 5.56 Å². The first-order valence-electron chi connectivity index (χ1n) is 6.36. The molecule has 0 aliphatic rings. The Kier molecular flexibility index (Phi) is 4.47. The second-order valence-electron chi connectivity index (χ2n) is 4.48. The number of hydrogen-bond donors (Lipinski definition) is 1. The molecule has 5 nitrogen and oxygen atoms in total. The summed E-state index contributed by atoms with van der Waals surface area (Å²) in [4.78, 5) is 23.8. The van der Waals surface area contributed by atoms with Gasteiger partial charge in [-0.1, -0.05) is 12.1 Å². The van der Waals surface area contributed by atoms with Gasteiger partial charge in [0.1, 0.15) is 5.82 Å². The molecule has 2 rings (SSSR count). The zero-order chi connectivity index (χ0) is 14.5. The van der Waals surface area contributed by atoms with Crippen molar-refractivity contribution in [2.45, 2.75) is 19.5 Å². The number of nitrogens with zero attached hydrogens (tertiary/aromatic N) is 2. The third-order valence-corrected chi connectivity index (χ3v) is 2.99. The zero-order valence-corrected chi connectivity index (χ0v) is 11.0. The lowest BCUT2D eigenvalue weighted by molar-refractivity contribution is 0.554. The molecule has 0 saturated carbocycles. The molecule has 20 heavy (non-hydrogen) atoms. The largest absolute Gasteiger partial charge is 0.331 e. The van der Waals surface area contributed by atoms with Gasteiger partial charge in [-0.15, -0.1) is 0 Å². The fourth-order valence-electron chi connectivity index (χ4n) is 1.92. The fraction of sp³-hybridized carbons (Fsp3) is 0.286. The average Bonchev–Trinajstić information content (AvgIpc) is 2.44. The summed E-state index contributed by atoms with van der Waals surface area (Å²) in [7, 11) is 0. The molecule has 0 saturated heterocycles.